The molecule has 10 heteroatoms. The van der Waals surface area contributed by atoms with Crippen LogP contribution in [-0.2, 0) is 17.4 Å². The number of hydrogen-bond acceptors (Lipinski definition) is 6. The van der Waals surface area contributed by atoms with E-state index in [2.05, 4.69) is 51.6 Å². The number of rotatable bonds is 0. The zero-order valence-corrected chi connectivity index (χ0v) is 18.2. The van der Waals surface area contributed by atoms with Gasteiger partial charge >= 0.3 is 17.4 Å². The first-order valence-corrected chi connectivity index (χ1v) is 8.06. The Hall–Kier alpha value is -2.62. The predicted octanol–water partition coefficient (Wildman–Crippen LogP) is 5.22. The van der Waals surface area contributed by atoms with E-state index >= 15 is 0 Å². The van der Waals surface area contributed by atoms with Crippen molar-refractivity contribution < 1.29 is 17.4 Å². The van der Waals surface area contributed by atoms with E-state index in [1.807, 2.05) is 54.6 Å². The van der Waals surface area contributed by atoms with Crippen molar-refractivity contribution in [3.63, 3.8) is 0 Å². The van der Waals surface area contributed by atoms with E-state index in [0.29, 0.717) is 0 Å². The van der Waals surface area contributed by atoms with Gasteiger partial charge in [0, 0.05) is 37.2 Å². The Bertz CT molecular complexity index is 533. The Morgan fingerprint density at radius 3 is 0.607 bits per heavy atom. The number of isothiocyanates is 3. The van der Waals surface area contributed by atoms with E-state index < -0.39 is 0 Å². The molecule has 3 aromatic heterocycles. The molecule has 0 saturated heterocycles. The number of hydrogen-bond donors (Lipinski definition) is 0. The van der Waals surface area contributed by atoms with E-state index in [4.69, 9.17) is 16.2 Å². The van der Waals surface area contributed by atoms with Gasteiger partial charge in [-0.15, -0.1) is 0 Å². The summed E-state index contributed by atoms with van der Waals surface area (Å²) in [6, 6.07) is 17.1. The van der Waals surface area contributed by atoms with Crippen molar-refractivity contribution in [3.8, 4) is 0 Å². The van der Waals surface area contributed by atoms with Crippen LogP contribution in [0.2, 0.25) is 0 Å². The van der Waals surface area contributed by atoms with Crippen molar-refractivity contribution in [1.82, 2.24) is 15.0 Å². The van der Waals surface area contributed by atoms with Crippen LogP contribution in [0.15, 0.2) is 91.8 Å². The third-order valence-corrected chi connectivity index (χ3v) is 1.70. The van der Waals surface area contributed by atoms with Crippen LogP contribution in [0.4, 0.5) is 0 Å². The molecule has 6 nitrogen and oxygen atoms in total. The third kappa shape index (κ3) is 49.5. The Morgan fingerprint density at radius 2 is 0.571 bits per heavy atom. The second-order valence-electron chi connectivity index (χ2n) is 3.35. The Labute approximate surface area is 191 Å². The molecule has 0 spiro atoms. The molecule has 3 heterocycles. The molecular weight excluding hydrogens is 448 g/mol. The molecule has 0 amide bonds. The van der Waals surface area contributed by atoms with Crippen LogP contribution < -0.4 is 0 Å². The van der Waals surface area contributed by atoms with E-state index in [0.717, 1.165) is 0 Å². The van der Waals surface area contributed by atoms with Gasteiger partial charge < -0.3 is 16.2 Å². The molecule has 3 aromatic rings. The first-order valence-electron chi connectivity index (χ1n) is 6.83. The molecule has 3 rings (SSSR count). The fourth-order valence-corrected chi connectivity index (χ4v) is 0.938. The van der Waals surface area contributed by atoms with Gasteiger partial charge in [0.2, 0.25) is 0 Å². The summed E-state index contributed by atoms with van der Waals surface area (Å²) >= 11 is 11.1. The molecule has 0 saturated carbocycles. The molecule has 0 aliphatic heterocycles. The standard InChI is InChI=1S/3C5H5N.3CNS.Cr/c3*1-2-4-6-5-3-1;3*2-1-3;/h3*1-5H;;;;/q;;;3*-1;+3. The van der Waals surface area contributed by atoms with Gasteiger partial charge in [-0.1, -0.05) is 54.9 Å². The molecule has 141 valence electrons. The van der Waals surface area contributed by atoms with Crippen molar-refractivity contribution in [1.29, 1.82) is 0 Å². The van der Waals surface area contributed by atoms with Crippen molar-refractivity contribution >= 4 is 52.1 Å². The molecule has 0 aromatic carbocycles. The SMILES string of the molecule is [Cr+3].[N-]=C=S.[N-]=C=S.[N-]=C=S.c1ccncc1.c1ccncc1.c1ccncc1. The summed E-state index contributed by atoms with van der Waals surface area (Å²) in [6.07, 6.45) is 10.5. The second-order valence-corrected chi connectivity index (χ2v) is 3.90. The molecular formula is C18H15CrN6S3. The first kappa shape index (κ1) is 33.0. The summed E-state index contributed by atoms with van der Waals surface area (Å²) in [4.78, 5) is 11.4. The molecule has 28 heavy (non-hydrogen) atoms. The van der Waals surface area contributed by atoms with Crippen LogP contribution in [0.1, 0.15) is 0 Å². The average molecular weight is 464 g/mol. The minimum Gasteiger partial charge on any atom is -0.753 e. The third-order valence-electron chi connectivity index (χ3n) is 1.70. The van der Waals surface area contributed by atoms with Gasteiger partial charge in [-0.3, -0.25) is 15.0 Å². The molecule has 0 aliphatic carbocycles. The molecule has 0 unspecified atom stereocenters. The van der Waals surface area contributed by atoms with Crippen LogP contribution in [-0.4, -0.2) is 30.4 Å². The maximum absolute atomic E-state index is 7.13. The fourth-order valence-electron chi connectivity index (χ4n) is 0.938. The second kappa shape index (κ2) is 39.5. The summed E-state index contributed by atoms with van der Waals surface area (Å²) in [5.41, 5.74) is 0. The molecule has 0 atom stereocenters. The Kier molecular flexibility index (Phi) is 46.5. The van der Waals surface area contributed by atoms with Gasteiger partial charge in [-0.25, -0.2) is 0 Å². The smallest absolute Gasteiger partial charge is 0.753 e. The van der Waals surface area contributed by atoms with Gasteiger partial charge in [0.15, 0.2) is 0 Å². The van der Waals surface area contributed by atoms with Crippen LogP contribution in [0.5, 0.6) is 0 Å². The maximum atomic E-state index is 7.13. The van der Waals surface area contributed by atoms with Gasteiger partial charge in [0.1, 0.15) is 0 Å². The summed E-state index contributed by atoms with van der Waals surface area (Å²) in [7, 11) is 0. The van der Waals surface area contributed by atoms with Crippen molar-refractivity contribution in [2.45, 2.75) is 0 Å². The molecule has 0 fully saturated rings. The van der Waals surface area contributed by atoms with Crippen molar-refractivity contribution in [3.05, 3.63) is 108 Å². The largest absolute Gasteiger partial charge is 3.00 e. The van der Waals surface area contributed by atoms with E-state index in [-0.39, 0.29) is 17.4 Å². The average Bonchev–Trinajstić information content (AvgIpc) is 2.75. The summed E-state index contributed by atoms with van der Waals surface area (Å²) < 4.78 is 0. The quantitative estimate of drug-likeness (QED) is 0.334. The van der Waals surface area contributed by atoms with Gasteiger partial charge in [-0.05, 0) is 36.4 Å². The fraction of sp³-hybridized carbons (Fsp3) is 0. The van der Waals surface area contributed by atoms with Gasteiger partial charge in [0.05, 0.1) is 0 Å². The topological polar surface area (TPSA) is 106 Å². The zero-order chi connectivity index (χ0) is 20.8. The van der Waals surface area contributed by atoms with E-state index in [9.17, 15) is 0 Å². The molecule has 0 aliphatic rings. The van der Waals surface area contributed by atoms with E-state index in [1.54, 1.807) is 37.2 Å². The minimum atomic E-state index is 0. The van der Waals surface area contributed by atoms with Crippen molar-refractivity contribution in [2.75, 3.05) is 0 Å². The number of aromatic nitrogens is 3. The summed E-state index contributed by atoms with van der Waals surface area (Å²) in [5, 5.41) is 25.4. The van der Waals surface area contributed by atoms with Crippen LogP contribution in [0.25, 0.3) is 16.2 Å². The number of nitrogens with zero attached hydrogens (tertiary/aromatic N) is 6. The van der Waals surface area contributed by atoms with Crippen LogP contribution >= 0.6 is 36.7 Å². The Morgan fingerprint density at radius 1 is 0.429 bits per heavy atom. The van der Waals surface area contributed by atoms with Gasteiger partial charge in [0.25, 0.3) is 0 Å². The molecule has 0 bridgehead atoms. The zero-order valence-electron chi connectivity index (χ0n) is 14.5. The maximum Gasteiger partial charge on any atom is 3.00 e. The Balaban J connectivity index is -0.000000127. The van der Waals surface area contributed by atoms with Crippen LogP contribution in [0, 0.1) is 0 Å². The summed E-state index contributed by atoms with van der Waals surface area (Å²) in [5.74, 6) is 0. The van der Waals surface area contributed by atoms with Crippen molar-refractivity contribution in [2.24, 2.45) is 0 Å². The normalized spacial score (nSPS) is 6.00. The van der Waals surface area contributed by atoms with Gasteiger partial charge in [-0.2, -0.15) is 15.5 Å². The predicted molar refractivity (Wildman–Crippen MR) is 121 cm³/mol. The number of pyridine rings is 3. The summed E-state index contributed by atoms with van der Waals surface area (Å²) in [6.45, 7) is 0. The molecule has 0 N–H and O–H groups in total. The monoisotopic (exact) mass is 463 g/mol. The minimum absolute atomic E-state index is 0. The number of thiocarbonyl (C=S) groups is 3. The van der Waals surface area contributed by atoms with E-state index in [1.165, 1.54) is 15.5 Å². The van der Waals surface area contributed by atoms with Crippen LogP contribution in [0.3, 0.4) is 0 Å². The first-order chi connectivity index (χ1) is 13.2. The molecule has 1 radical (unpaired) electrons.